The fourth-order valence-corrected chi connectivity index (χ4v) is 8.29. The van der Waals surface area contributed by atoms with Crippen molar-refractivity contribution in [2.24, 2.45) is 0 Å². The van der Waals surface area contributed by atoms with Crippen LogP contribution in [0.2, 0.25) is 0 Å². The van der Waals surface area contributed by atoms with Crippen LogP contribution in [0.25, 0.3) is 44.1 Å². The van der Waals surface area contributed by atoms with Gasteiger partial charge in [0.05, 0.1) is 23.6 Å². The summed E-state index contributed by atoms with van der Waals surface area (Å²) in [6.07, 6.45) is -6.14. The number of piperidine rings is 2. The molecule has 2 aromatic heterocycles. The second kappa shape index (κ2) is 16.5. The maximum absolute atomic E-state index is 17.0. The van der Waals surface area contributed by atoms with E-state index < -0.39 is 40.8 Å². The first-order chi connectivity index (χ1) is 29.1. The van der Waals surface area contributed by atoms with Crippen molar-refractivity contribution in [1.82, 2.24) is 30.2 Å². The normalized spacial score (nSPS) is 18.1. The molecule has 0 bridgehead atoms. The van der Waals surface area contributed by atoms with Crippen molar-refractivity contribution in [3.8, 4) is 39.8 Å². The quantitative estimate of drug-likeness (QED) is 0.104. The van der Waals surface area contributed by atoms with Crippen LogP contribution in [-0.4, -0.2) is 92.8 Å². The van der Waals surface area contributed by atoms with E-state index in [1.807, 2.05) is 7.05 Å². The van der Waals surface area contributed by atoms with Gasteiger partial charge in [0.25, 0.3) is 0 Å². The molecule has 4 heterocycles. The Labute approximate surface area is 345 Å². The number of anilines is 2. The first kappa shape index (κ1) is 41.7. The van der Waals surface area contributed by atoms with Gasteiger partial charge in [-0.1, -0.05) is 12.1 Å². The van der Waals surface area contributed by atoms with Gasteiger partial charge in [0, 0.05) is 64.6 Å². The maximum Gasteiger partial charge on any atom is 0.416 e. The molecular weight excluding hydrogens is 810 g/mol. The minimum atomic E-state index is -4.68. The number of likely N-dealkylation sites (N-methyl/N-ethyl adjacent to an activating group) is 1. The Morgan fingerprint density at radius 1 is 0.689 bits per heavy atom. The van der Waals surface area contributed by atoms with Gasteiger partial charge in [0.2, 0.25) is 0 Å². The third kappa shape index (κ3) is 8.64. The summed E-state index contributed by atoms with van der Waals surface area (Å²) in [6.45, 7) is 2.89. The predicted octanol–water partition coefficient (Wildman–Crippen LogP) is 9.09. The predicted molar refractivity (Wildman–Crippen MR) is 216 cm³/mol. The van der Waals surface area contributed by atoms with E-state index in [1.54, 1.807) is 30.3 Å². The maximum atomic E-state index is 17.0. The fraction of sp³-hybridized carbons (Fsp3) is 0.349. The first-order valence-electron chi connectivity index (χ1n) is 19.6. The second-order valence-electron chi connectivity index (χ2n) is 15.6. The summed E-state index contributed by atoms with van der Waals surface area (Å²) in [4.78, 5) is 4.23. The first-order valence-corrected chi connectivity index (χ1v) is 19.6. The van der Waals surface area contributed by atoms with Crippen LogP contribution in [0.5, 0.6) is 17.2 Å². The van der Waals surface area contributed by atoms with Crippen LogP contribution in [0.3, 0.4) is 0 Å². The average Bonchev–Trinajstić information content (AvgIpc) is 3.21. The molecule has 61 heavy (non-hydrogen) atoms. The van der Waals surface area contributed by atoms with Crippen molar-refractivity contribution >= 4 is 33.2 Å². The molecule has 320 valence electrons. The highest BCUT2D eigenvalue weighted by Crippen LogP contribution is 2.42. The summed E-state index contributed by atoms with van der Waals surface area (Å²) in [7, 11) is 3.49. The number of benzene rings is 4. The lowest BCUT2D eigenvalue weighted by atomic mass is 9.98. The van der Waals surface area contributed by atoms with Crippen molar-refractivity contribution in [2.75, 3.05) is 51.0 Å². The van der Waals surface area contributed by atoms with Crippen molar-refractivity contribution < 1.29 is 45.7 Å². The third-order valence-corrected chi connectivity index (χ3v) is 11.3. The Balaban J connectivity index is 1.09. The van der Waals surface area contributed by atoms with Crippen molar-refractivity contribution in [3.05, 3.63) is 89.2 Å². The lowest BCUT2D eigenvalue weighted by Crippen LogP contribution is -2.42. The molecule has 2 atom stereocenters. The van der Waals surface area contributed by atoms with Crippen molar-refractivity contribution in [3.63, 3.8) is 0 Å². The lowest BCUT2D eigenvalue weighted by molar-refractivity contribution is -0.138. The summed E-state index contributed by atoms with van der Waals surface area (Å²) < 4.78 is 103. The highest BCUT2D eigenvalue weighted by molar-refractivity contribution is 6.03. The molecule has 0 spiro atoms. The monoisotopic (exact) mass is 850 g/mol. The highest BCUT2D eigenvalue weighted by atomic mass is 19.4. The number of phenols is 2. The van der Waals surface area contributed by atoms with E-state index >= 15 is 4.39 Å². The number of aromatic hydroxyl groups is 2. The number of hydrogen-bond acceptors (Lipinski definition) is 11. The largest absolute Gasteiger partial charge is 0.507 e. The Kier molecular flexibility index (Phi) is 11.3. The Bertz CT molecular complexity index is 2610. The number of fused-ring (bicyclic) bond motifs is 2. The number of phenolic OH excluding ortho intramolecular Hbond substituents is 2. The second-order valence-corrected chi connectivity index (χ2v) is 15.6. The number of hydrogen-bond donors (Lipinski definition) is 4. The highest BCUT2D eigenvalue weighted by Gasteiger charge is 2.33. The molecule has 2 saturated heterocycles. The Morgan fingerprint density at radius 2 is 1.26 bits per heavy atom. The number of halogens is 7. The van der Waals surface area contributed by atoms with Gasteiger partial charge < -0.3 is 30.5 Å². The van der Waals surface area contributed by atoms with Crippen LogP contribution in [-0.2, 0) is 18.9 Å². The van der Waals surface area contributed by atoms with Crippen LogP contribution in [0, 0.1) is 5.82 Å². The topological polar surface area (TPSA) is 132 Å². The fourth-order valence-electron chi connectivity index (χ4n) is 8.29. The molecule has 8 rings (SSSR count). The molecule has 0 radical (unpaired) electrons. The number of rotatable bonds is 9. The lowest BCUT2D eigenvalue weighted by Gasteiger charge is -2.34. The van der Waals surface area contributed by atoms with Crippen molar-refractivity contribution in [1.29, 1.82) is 0 Å². The van der Waals surface area contributed by atoms with Crippen molar-refractivity contribution in [2.45, 2.75) is 56.7 Å². The molecule has 11 nitrogen and oxygen atoms in total. The minimum Gasteiger partial charge on any atom is -0.507 e. The number of nitrogens with zero attached hydrogens (tertiary/aromatic N) is 6. The number of likely N-dealkylation sites (tertiary alicyclic amines) is 2. The van der Waals surface area contributed by atoms with E-state index in [0.29, 0.717) is 59.7 Å². The molecule has 0 unspecified atom stereocenters. The third-order valence-electron chi connectivity index (χ3n) is 11.3. The SMILES string of the molecule is COc1ccc2c(-c3ccc(C(F)(F)F)cc3O)nnc(N[C@@H]3CCCN(Cc4ccc5c(-c6ccc(C(F)(F)F)cc6O)nnc(N[C@@H]6CCCN(C)C6)c5c4F)C3)c2c1. The summed E-state index contributed by atoms with van der Waals surface area (Å²) in [5.41, 5.74) is -1.43. The Hall–Kier alpha value is -6.01. The van der Waals surface area contributed by atoms with E-state index in [1.165, 1.54) is 7.11 Å². The number of methoxy groups -OCH3 is 1. The van der Waals surface area contributed by atoms with Crippen LogP contribution in [0.1, 0.15) is 42.4 Å². The Morgan fingerprint density at radius 3 is 1.87 bits per heavy atom. The molecule has 0 amide bonds. The molecule has 2 fully saturated rings. The van der Waals surface area contributed by atoms with E-state index in [0.717, 1.165) is 56.5 Å². The number of nitrogens with one attached hydrogen (secondary N) is 2. The van der Waals surface area contributed by atoms with E-state index in [4.69, 9.17) is 4.74 Å². The van der Waals surface area contributed by atoms with Gasteiger partial charge in [-0.05, 0) is 100 Å². The smallest absolute Gasteiger partial charge is 0.416 e. The summed E-state index contributed by atoms with van der Waals surface area (Å²) in [6, 6.07) is 13.3. The minimum absolute atomic E-state index is 0.0241. The van der Waals surface area contributed by atoms with Gasteiger partial charge in [0.1, 0.15) is 34.5 Å². The average molecular weight is 851 g/mol. The standard InChI is InChI=1S/C43H41F7N8O3/c1-57-15-3-5-26(21-57)52-41-36-32(39(54-56-41)31-13-9-25(18-35(31)60)43(48,49)50)11-7-23(37(36)44)20-58-16-4-6-27(22-58)51-40-33-19-28(61-2)10-14-29(33)38(53-55-40)30-12-8-24(17-34(30)59)42(45,46)47/h7-14,17-19,26-27,59-60H,3-6,15-16,20-22H2,1-2H3,(H,51,55)(H,52,56)/t26-,27-/m1/s1. The van der Waals surface area contributed by atoms with Crippen LogP contribution in [0.4, 0.5) is 42.4 Å². The number of ether oxygens (including phenoxy) is 1. The van der Waals surface area contributed by atoms with Crippen LogP contribution in [0.15, 0.2) is 66.7 Å². The van der Waals surface area contributed by atoms with Gasteiger partial charge in [-0.3, -0.25) is 4.90 Å². The molecule has 4 N–H and O–H groups in total. The summed E-state index contributed by atoms with van der Waals surface area (Å²) >= 11 is 0. The molecule has 0 saturated carbocycles. The zero-order chi connectivity index (χ0) is 43.2. The molecule has 6 aromatic rings. The van der Waals surface area contributed by atoms with Gasteiger partial charge in [-0.15, -0.1) is 20.4 Å². The number of alkyl halides is 6. The zero-order valence-electron chi connectivity index (χ0n) is 33.0. The molecule has 4 aromatic carbocycles. The van der Waals surface area contributed by atoms with Gasteiger partial charge in [-0.25, -0.2) is 4.39 Å². The molecule has 2 aliphatic rings. The van der Waals surface area contributed by atoms with E-state index in [-0.39, 0.29) is 57.7 Å². The summed E-state index contributed by atoms with van der Waals surface area (Å²) in [5.74, 6) is -0.774. The van der Waals surface area contributed by atoms with E-state index in [2.05, 4.69) is 40.8 Å². The van der Waals surface area contributed by atoms with Gasteiger partial charge in [0.15, 0.2) is 11.6 Å². The summed E-state index contributed by atoms with van der Waals surface area (Å²) in [5, 5.41) is 47.0. The molecule has 2 aliphatic heterocycles. The zero-order valence-corrected chi connectivity index (χ0v) is 33.0. The number of aromatic nitrogens is 4. The van der Waals surface area contributed by atoms with Crippen LogP contribution >= 0.6 is 0 Å². The van der Waals surface area contributed by atoms with E-state index in [9.17, 15) is 36.6 Å². The molecule has 0 aliphatic carbocycles. The van der Waals surface area contributed by atoms with Gasteiger partial charge in [-0.2, -0.15) is 26.3 Å². The van der Waals surface area contributed by atoms with Crippen LogP contribution < -0.4 is 15.4 Å². The molecule has 18 heteroatoms. The molecular formula is C43H41F7N8O3. The van der Waals surface area contributed by atoms with Gasteiger partial charge >= 0.3 is 12.4 Å².